The molecule has 19 heavy (non-hydrogen) atoms. The number of phenols is 1. The molecule has 1 N–H and O–H groups in total. The van der Waals surface area contributed by atoms with E-state index in [0.717, 1.165) is 17.0 Å². The maximum atomic E-state index is 9.69. The fourth-order valence-corrected chi connectivity index (χ4v) is 4.16. The van der Waals surface area contributed by atoms with E-state index in [1.165, 1.54) is 12.8 Å². The number of hydrogen-bond acceptors (Lipinski definition) is 4. The molecule has 0 spiro atoms. The van der Waals surface area contributed by atoms with Gasteiger partial charge in [-0.3, -0.25) is 0 Å². The number of allylic oxidation sites excluding steroid dienone is 1. The smallest absolute Gasteiger partial charge is 0.124 e. The van der Waals surface area contributed by atoms with Gasteiger partial charge in [0.1, 0.15) is 10.8 Å². The van der Waals surface area contributed by atoms with Gasteiger partial charge in [-0.15, -0.1) is 11.8 Å². The van der Waals surface area contributed by atoms with E-state index in [2.05, 4.69) is 11.1 Å². The van der Waals surface area contributed by atoms with E-state index in [-0.39, 0.29) is 5.75 Å². The summed E-state index contributed by atoms with van der Waals surface area (Å²) in [5.41, 5.74) is 1.52. The summed E-state index contributed by atoms with van der Waals surface area (Å²) in [5.74, 6) is 0.611. The van der Waals surface area contributed by atoms with Gasteiger partial charge in [-0.2, -0.15) is 5.26 Å². The van der Waals surface area contributed by atoms with Gasteiger partial charge in [-0.1, -0.05) is 18.6 Å². The number of aromatic hydroxyl groups is 1. The molecule has 1 saturated carbocycles. The van der Waals surface area contributed by atoms with Crippen molar-refractivity contribution in [1.82, 2.24) is 0 Å². The van der Waals surface area contributed by atoms with E-state index >= 15 is 0 Å². The summed E-state index contributed by atoms with van der Waals surface area (Å²) in [7, 11) is 0. The average molecular weight is 270 g/mol. The van der Waals surface area contributed by atoms with Crippen molar-refractivity contribution >= 4 is 18.0 Å². The molecule has 1 heterocycles. The quantitative estimate of drug-likeness (QED) is 0.837. The Kier molecular flexibility index (Phi) is 3.31. The summed E-state index contributed by atoms with van der Waals surface area (Å²) < 4.78 is 0. The molecule has 1 aliphatic heterocycles. The minimum atomic E-state index is 0.216. The molecule has 0 bridgehead atoms. The Balaban J connectivity index is 1.87. The Morgan fingerprint density at radius 1 is 1.37 bits per heavy atom. The monoisotopic (exact) mass is 270 g/mol. The number of hydrogen-bond donors (Lipinski definition) is 1. The zero-order valence-electron chi connectivity index (χ0n) is 10.4. The molecule has 3 nitrogen and oxygen atoms in total. The molecular formula is C15H14N2OS. The lowest BCUT2D eigenvalue weighted by Gasteiger charge is -2.05. The Morgan fingerprint density at radius 2 is 2.21 bits per heavy atom. The summed E-state index contributed by atoms with van der Waals surface area (Å²) in [6.07, 6.45) is 5.15. The Labute approximate surface area is 116 Å². The molecule has 2 atom stereocenters. The van der Waals surface area contributed by atoms with Gasteiger partial charge in [0.05, 0.1) is 11.6 Å². The van der Waals surface area contributed by atoms with E-state index < -0.39 is 0 Å². The number of rotatable bonds is 2. The van der Waals surface area contributed by atoms with Crippen molar-refractivity contribution < 1.29 is 5.11 Å². The predicted molar refractivity (Wildman–Crippen MR) is 77.1 cm³/mol. The fraction of sp³-hybridized carbons (Fsp3) is 0.333. The largest absolute Gasteiger partial charge is 0.507 e. The Bertz CT molecular complexity index is 600. The maximum absolute atomic E-state index is 9.69. The zero-order valence-corrected chi connectivity index (χ0v) is 11.2. The molecule has 0 saturated heterocycles. The lowest BCUT2D eigenvalue weighted by atomic mass is 10.00. The Hall–Kier alpha value is -1.73. The first-order valence-electron chi connectivity index (χ1n) is 6.42. The molecule has 1 aromatic carbocycles. The number of benzene rings is 1. The number of para-hydroxylation sites is 1. The van der Waals surface area contributed by atoms with Crippen molar-refractivity contribution in [3.63, 3.8) is 0 Å². The van der Waals surface area contributed by atoms with Crippen LogP contribution in [0, 0.1) is 17.2 Å². The molecule has 0 radical (unpaired) electrons. The fourth-order valence-electron chi connectivity index (χ4n) is 2.72. The maximum Gasteiger partial charge on any atom is 0.124 e. The number of fused-ring (bicyclic) bond motifs is 1. The first kappa shape index (κ1) is 12.3. The van der Waals surface area contributed by atoms with Crippen LogP contribution in [0.5, 0.6) is 5.75 Å². The van der Waals surface area contributed by atoms with E-state index in [0.29, 0.717) is 16.7 Å². The average Bonchev–Trinajstić information content (AvgIpc) is 2.97. The minimum absolute atomic E-state index is 0.216. The third-order valence-electron chi connectivity index (χ3n) is 3.69. The van der Waals surface area contributed by atoms with Gasteiger partial charge in [0.2, 0.25) is 0 Å². The highest BCUT2D eigenvalue weighted by atomic mass is 32.2. The van der Waals surface area contributed by atoms with Gasteiger partial charge in [-0.25, -0.2) is 4.99 Å². The summed E-state index contributed by atoms with van der Waals surface area (Å²) >= 11 is 1.72. The normalized spacial score (nSPS) is 25.8. The molecule has 2 unspecified atom stereocenters. The van der Waals surface area contributed by atoms with Gasteiger partial charge < -0.3 is 5.11 Å². The standard InChI is InChI=1S/C15H14N2OS/c16-8-12-11-5-3-7-14(11)19-15(12)17-9-10-4-1-2-6-13(10)18/h1-2,4,6,9,11,14,18H,3,5,7H2/b17-9+. The van der Waals surface area contributed by atoms with Crippen molar-refractivity contribution in [2.75, 3.05) is 0 Å². The predicted octanol–water partition coefficient (Wildman–Crippen LogP) is 3.46. The lowest BCUT2D eigenvalue weighted by molar-refractivity contribution is 0.474. The first-order valence-corrected chi connectivity index (χ1v) is 7.30. The molecule has 4 heteroatoms. The van der Waals surface area contributed by atoms with Crippen molar-refractivity contribution in [3.8, 4) is 11.8 Å². The van der Waals surface area contributed by atoms with Crippen molar-refractivity contribution in [2.24, 2.45) is 10.9 Å². The highest BCUT2D eigenvalue weighted by Gasteiger charge is 2.39. The SMILES string of the molecule is N#CC1=C(/N=C/c2ccccc2O)SC2CCCC12. The van der Waals surface area contributed by atoms with Crippen LogP contribution in [0.15, 0.2) is 39.9 Å². The molecule has 1 fully saturated rings. The summed E-state index contributed by atoms with van der Waals surface area (Å²) in [6.45, 7) is 0. The van der Waals surface area contributed by atoms with Crippen LogP contribution in [0.1, 0.15) is 24.8 Å². The van der Waals surface area contributed by atoms with E-state index in [4.69, 9.17) is 0 Å². The van der Waals surface area contributed by atoms with E-state index in [1.54, 1.807) is 30.1 Å². The van der Waals surface area contributed by atoms with Crippen LogP contribution in [0.25, 0.3) is 0 Å². The second kappa shape index (κ2) is 5.10. The molecule has 2 aliphatic rings. The van der Waals surface area contributed by atoms with Gasteiger partial charge in [-0.05, 0) is 25.0 Å². The van der Waals surface area contributed by atoms with Crippen LogP contribution in [0.3, 0.4) is 0 Å². The first-order chi connectivity index (χ1) is 9.29. The minimum Gasteiger partial charge on any atom is -0.507 e. The van der Waals surface area contributed by atoms with E-state index in [1.807, 2.05) is 12.1 Å². The van der Waals surface area contributed by atoms with Gasteiger partial charge in [0.15, 0.2) is 0 Å². The van der Waals surface area contributed by atoms with Crippen LogP contribution in [-0.4, -0.2) is 16.6 Å². The van der Waals surface area contributed by atoms with Gasteiger partial charge in [0, 0.05) is 22.9 Å². The van der Waals surface area contributed by atoms with Crippen LogP contribution in [-0.2, 0) is 0 Å². The topological polar surface area (TPSA) is 56.4 Å². The van der Waals surface area contributed by atoms with Crippen molar-refractivity contribution in [3.05, 3.63) is 40.4 Å². The van der Waals surface area contributed by atoms with Crippen LogP contribution >= 0.6 is 11.8 Å². The van der Waals surface area contributed by atoms with Crippen molar-refractivity contribution in [2.45, 2.75) is 24.5 Å². The summed E-state index contributed by atoms with van der Waals surface area (Å²) in [5, 5.41) is 20.3. The molecule has 1 aromatic rings. The molecule has 0 aromatic heterocycles. The van der Waals surface area contributed by atoms with E-state index in [9.17, 15) is 10.4 Å². The van der Waals surface area contributed by atoms with Crippen molar-refractivity contribution in [1.29, 1.82) is 5.26 Å². The summed E-state index contributed by atoms with van der Waals surface area (Å²) in [4.78, 5) is 4.42. The second-order valence-corrected chi connectivity index (χ2v) is 6.07. The highest BCUT2D eigenvalue weighted by molar-refractivity contribution is 8.04. The molecule has 1 aliphatic carbocycles. The van der Waals surface area contributed by atoms with Crippen LogP contribution < -0.4 is 0 Å². The second-order valence-electron chi connectivity index (χ2n) is 4.84. The summed E-state index contributed by atoms with van der Waals surface area (Å²) in [6, 6.07) is 9.40. The third-order valence-corrected chi connectivity index (χ3v) is 5.11. The number of nitrogens with zero attached hydrogens (tertiary/aromatic N) is 2. The Morgan fingerprint density at radius 3 is 3.00 bits per heavy atom. The highest BCUT2D eigenvalue weighted by Crippen LogP contribution is 2.50. The molecule has 96 valence electrons. The number of thioether (sulfide) groups is 1. The third kappa shape index (κ3) is 2.26. The number of nitriles is 1. The van der Waals surface area contributed by atoms with Crippen LogP contribution in [0.2, 0.25) is 0 Å². The number of phenolic OH excluding ortho intramolecular Hbond substituents is 1. The van der Waals surface area contributed by atoms with Gasteiger partial charge in [0.25, 0.3) is 0 Å². The van der Waals surface area contributed by atoms with Gasteiger partial charge >= 0.3 is 0 Å². The zero-order chi connectivity index (χ0) is 13.2. The molecule has 3 rings (SSSR count). The lowest BCUT2D eigenvalue weighted by Crippen LogP contribution is -2.05. The molecular weight excluding hydrogens is 256 g/mol. The van der Waals surface area contributed by atoms with Crippen LogP contribution in [0.4, 0.5) is 0 Å². The number of aliphatic imine (C=N–C) groups is 1. The molecule has 0 amide bonds.